The van der Waals surface area contributed by atoms with Gasteiger partial charge in [-0.3, -0.25) is 9.69 Å². The molecule has 0 bridgehead atoms. The first-order valence-electron chi connectivity index (χ1n) is 12.9. The van der Waals surface area contributed by atoms with Crippen LogP contribution in [0.15, 0.2) is 24.4 Å². The molecule has 0 saturated heterocycles. The van der Waals surface area contributed by atoms with Gasteiger partial charge in [0.05, 0.1) is 49.5 Å². The number of carbonyl (C=O) groups is 1. The lowest BCUT2D eigenvalue weighted by Crippen LogP contribution is -2.47. The molecule has 36 heavy (non-hydrogen) atoms. The number of benzene rings is 1. The molecule has 0 radical (unpaired) electrons. The summed E-state index contributed by atoms with van der Waals surface area (Å²) in [5.74, 6) is 1.05. The third kappa shape index (κ3) is 6.35. The van der Waals surface area contributed by atoms with Crippen molar-refractivity contribution >= 4 is 11.6 Å². The smallest absolute Gasteiger partial charge is 0.222 e. The number of hydrogen-bond donors (Lipinski definition) is 1. The maximum Gasteiger partial charge on any atom is 0.222 e. The van der Waals surface area contributed by atoms with E-state index in [9.17, 15) is 9.90 Å². The molecule has 198 valence electrons. The maximum absolute atomic E-state index is 13.0. The molecule has 1 amide bonds. The van der Waals surface area contributed by atoms with Gasteiger partial charge in [-0.05, 0) is 38.1 Å². The number of anilines is 1. The van der Waals surface area contributed by atoms with Crippen LogP contribution in [0, 0.1) is 5.92 Å². The van der Waals surface area contributed by atoms with E-state index in [1.165, 1.54) is 5.56 Å². The number of rotatable bonds is 6. The molecule has 3 atom stereocenters. The zero-order valence-electron chi connectivity index (χ0n) is 22.0. The highest BCUT2D eigenvalue weighted by Crippen LogP contribution is 2.31. The van der Waals surface area contributed by atoms with Crippen LogP contribution in [-0.2, 0) is 29.2 Å². The van der Waals surface area contributed by atoms with Crippen molar-refractivity contribution in [2.45, 2.75) is 58.5 Å². The fourth-order valence-corrected chi connectivity index (χ4v) is 4.93. The predicted octanol–water partition coefficient (Wildman–Crippen LogP) is 1.76. The molecule has 2 aliphatic rings. The molecule has 0 spiro atoms. The lowest BCUT2D eigenvalue weighted by atomic mass is 10.0. The number of aromatic nitrogens is 3. The molecule has 0 fully saturated rings. The van der Waals surface area contributed by atoms with Gasteiger partial charge in [0.2, 0.25) is 5.91 Å². The normalized spacial score (nSPS) is 22.3. The van der Waals surface area contributed by atoms with Crippen molar-refractivity contribution in [3.8, 4) is 5.75 Å². The second-order valence-corrected chi connectivity index (χ2v) is 10.2. The summed E-state index contributed by atoms with van der Waals surface area (Å²) in [7, 11) is 4.17. The van der Waals surface area contributed by atoms with Crippen LogP contribution in [0.1, 0.15) is 37.9 Å². The van der Waals surface area contributed by atoms with Crippen molar-refractivity contribution in [2.75, 3.05) is 51.8 Å². The predicted molar refractivity (Wildman–Crippen MR) is 137 cm³/mol. The van der Waals surface area contributed by atoms with Crippen molar-refractivity contribution in [3.05, 3.63) is 35.7 Å². The SMILES string of the molecule is C[C@@H]1CN([C@H](C)CO)C(=O)CCCn2nncc2CO[C@H]1CN(C)Cc1ccc2c(c1)OCCN2C. The Morgan fingerprint density at radius 1 is 1.31 bits per heavy atom. The van der Waals surface area contributed by atoms with Crippen LogP contribution in [0.3, 0.4) is 0 Å². The van der Waals surface area contributed by atoms with E-state index < -0.39 is 0 Å². The lowest BCUT2D eigenvalue weighted by Gasteiger charge is -2.35. The minimum atomic E-state index is -0.239. The minimum Gasteiger partial charge on any atom is -0.490 e. The van der Waals surface area contributed by atoms with Crippen LogP contribution in [0.2, 0.25) is 0 Å². The van der Waals surface area contributed by atoms with Gasteiger partial charge in [0, 0.05) is 45.6 Å². The molecule has 0 saturated carbocycles. The highest BCUT2D eigenvalue weighted by atomic mass is 16.5. The van der Waals surface area contributed by atoms with E-state index in [0.717, 1.165) is 30.2 Å². The maximum atomic E-state index is 13.0. The van der Waals surface area contributed by atoms with E-state index in [2.05, 4.69) is 59.3 Å². The van der Waals surface area contributed by atoms with Crippen LogP contribution >= 0.6 is 0 Å². The van der Waals surface area contributed by atoms with E-state index in [1.54, 1.807) is 6.20 Å². The first-order chi connectivity index (χ1) is 17.4. The average Bonchev–Trinajstić information content (AvgIpc) is 3.31. The average molecular weight is 501 g/mol. The topological polar surface area (TPSA) is 96.2 Å². The molecule has 0 unspecified atom stereocenters. The Morgan fingerprint density at radius 2 is 2.14 bits per heavy atom. The molecule has 1 aromatic carbocycles. The van der Waals surface area contributed by atoms with E-state index in [1.807, 2.05) is 16.5 Å². The zero-order valence-corrected chi connectivity index (χ0v) is 22.0. The van der Waals surface area contributed by atoms with Crippen LogP contribution < -0.4 is 9.64 Å². The quantitative estimate of drug-likeness (QED) is 0.641. The monoisotopic (exact) mass is 500 g/mol. The fourth-order valence-electron chi connectivity index (χ4n) is 4.93. The number of aliphatic hydroxyl groups is 1. The summed E-state index contributed by atoms with van der Waals surface area (Å²) < 4.78 is 14.2. The number of aliphatic hydroxyl groups excluding tert-OH is 1. The van der Waals surface area contributed by atoms with Gasteiger partial charge in [-0.2, -0.15) is 0 Å². The number of ether oxygens (including phenoxy) is 2. The molecular weight excluding hydrogens is 460 g/mol. The minimum absolute atomic E-state index is 0.0526. The number of fused-ring (bicyclic) bond motifs is 2. The number of nitrogens with zero attached hydrogens (tertiary/aromatic N) is 6. The molecule has 10 heteroatoms. The molecular formula is C26H40N6O4. The third-order valence-corrected chi connectivity index (χ3v) is 7.20. The Bertz CT molecular complexity index is 1010. The molecule has 1 N–H and O–H groups in total. The molecule has 0 aliphatic carbocycles. The van der Waals surface area contributed by atoms with Gasteiger partial charge in [0.25, 0.3) is 0 Å². The molecule has 1 aromatic heterocycles. The number of likely N-dealkylation sites (N-methyl/N-ethyl adjacent to an activating group) is 2. The van der Waals surface area contributed by atoms with Crippen molar-refractivity contribution in [2.24, 2.45) is 5.92 Å². The fraction of sp³-hybridized carbons (Fsp3) is 0.654. The van der Waals surface area contributed by atoms with E-state index in [0.29, 0.717) is 45.7 Å². The summed E-state index contributed by atoms with van der Waals surface area (Å²) in [6.07, 6.45) is 2.70. The summed E-state index contributed by atoms with van der Waals surface area (Å²) in [5, 5.41) is 18.0. The Kier molecular flexibility index (Phi) is 8.81. The summed E-state index contributed by atoms with van der Waals surface area (Å²) in [6, 6.07) is 6.16. The van der Waals surface area contributed by atoms with Crippen molar-refractivity contribution in [1.82, 2.24) is 24.8 Å². The zero-order chi connectivity index (χ0) is 25.7. The summed E-state index contributed by atoms with van der Waals surface area (Å²) in [4.78, 5) is 19.3. The molecule has 10 nitrogen and oxygen atoms in total. The first kappa shape index (κ1) is 26.4. The van der Waals surface area contributed by atoms with Gasteiger partial charge in [-0.15, -0.1) is 5.10 Å². The summed E-state index contributed by atoms with van der Waals surface area (Å²) in [6.45, 7) is 8.55. The van der Waals surface area contributed by atoms with E-state index in [4.69, 9.17) is 9.47 Å². The van der Waals surface area contributed by atoms with Crippen molar-refractivity contribution < 1.29 is 19.4 Å². The summed E-state index contributed by atoms with van der Waals surface area (Å²) in [5.41, 5.74) is 3.22. The molecule has 3 heterocycles. The second-order valence-electron chi connectivity index (χ2n) is 10.2. The largest absolute Gasteiger partial charge is 0.490 e. The highest BCUT2D eigenvalue weighted by molar-refractivity contribution is 5.76. The number of amides is 1. The molecule has 2 aromatic rings. The van der Waals surface area contributed by atoms with Gasteiger partial charge in [-0.1, -0.05) is 18.2 Å². The number of aryl methyl sites for hydroxylation is 1. The number of hydrogen-bond acceptors (Lipinski definition) is 8. The Labute approximate surface area is 213 Å². The lowest BCUT2D eigenvalue weighted by molar-refractivity contribution is -0.136. The molecule has 4 rings (SSSR count). The van der Waals surface area contributed by atoms with Crippen LogP contribution in [0.25, 0.3) is 0 Å². The Hall–Kier alpha value is -2.69. The second kappa shape index (κ2) is 12.0. The standard InChI is InChI=1S/C26H40N6O4/c1-19-14-31(20(2)17-33)26(34)6-5-9-32-22(13-27-28-32)18-36-25(19)16-29(3)15-21-7-8-23-24(12-21)35-11-10-30(23)4/h7-8,12-13,19-20,25,33H,5-6,9-11,14-18H2,1-4H3/t19-,20-,25+/m1/s1. The molecule has 2 aliphatic heterocycles. The number of carbonyl (C=O) groups excluding carboxylic acids is 1. The Balaban J connectivity index is 1.49. The van der Waals surface area contributed by atoms with E-state index in [-0.39, 0.29) is 30.6 Å². The van der Waals surface area contributed by atoms with Crippen LogP contribution in [0.4, 0.5) is 5.69 Å². The van der Waals surface area contributed by atoms with E-state index >= 15 is 0 Å². The highest BCUT2D eigenvalue weighted by Gasteiger charge is 2.28. The van der Waals surface area contributed by atoms with Gasteiger partial charge in [0.1, 0.15) is 12.4 Å². The van der Waals surface area contributed by atoms with Crippen molar-refractivity contribution in [3.63, 3.8) is 0 Å². The van der Waals surface area contributed by atoms with Gasteiger partial charge < -0.3 is 24.4 Å². The Morgan fingerprint density at radius 3 is 2.94 bits per heavy atom. The van der Waals surface area contributed by atoms with Crippen LogP contribution in [-0.4, -0.2) is 94.9 Å². The van der Waals surface area contributed by atoms with Gasteiger partial charge in [0.15, 0.2) is 0 Å². The van der Waals surface area contributed by atoms with Crippen LogP contribution in [0.5, 0.6) is 5.75 Å². The van der Waals surface area contributed by atoms with Gasteiger partial charge >= 0.3 is 0 Å². The van der Waals surface area contributed by atoms with Crippen molar-refractivity contribution in [1.29, 1.82) is 0 Å². The third-order valence-electron chi connectivity index (χ3n) is 7.20. The summed E-state index contributed by atoms with van der Waals surface area (Å²) >= 11 is 0. The first-order valence-corrected chi connectivity index (χ1v) is 12.9. The van der Waals surface area contributed by atoms with Gasteiger partial charge in [-0.25, -0.2) is 4.68 Å².